The normalized spacial score (nSPS) is 25.4. The highest BCUT2D eigenvalue weighted by atomic mass is 79.9. The molecule has 0 bridgehead atoms. The van der Waals surface area contributed by atoms with Gasteiger partial charge in [0.1, 0.15) is 18.5 Å². The molecule has 1 heterocycles. The molecule has 5 heteroatoms. The maximum absolute atomic E-state index is 10.0. The summed E-state index contributed by atoms with van der Waals surface area (Å²) in [4.78, 5) is 2.10. The molecule has 1 saturated heterocycles. The van der Waals surface area contributed by atoms with Crippen molar-refractivity contribution in [2.45, 2.75) is 25.6 Å². The Hall–Kier alpha value is -0.620. The Kier molecular flexibility index (Phi) is 5.84. The van der Waals surface area contributed by atoms with Crippen LogP contribution < -0.4 is 4.74 Å². The van der Waals surface area contributed by atoms with E-state index in [1.165, 1.54) is 0 Å². The molecule has 0 aliphatic carbocycles. The van der Waals surface area contributed by atoms with Crippen LogP contribution in [0, 0.1) is 5.92 Å². The number of hydrogen-bond donors (Lipinski definition) is 2. The van der Waals surface area contributed by atoms with Crippen molar-refractivity contribution in [2.24, 2.45) is 5.92 Å². The first kappa shape index (κ1) is 15.8. The van der Waals surface area contributed by atoms with Crippen molar-refractivity contribution in [1.29, 1.82) is 0 Å². The summed E-state index contributed by atoms with van der Waals surface area (Å²) in [7, 11) is 0. The Morgan fingerprint density at radius 3 is 2.75 bits per heavy atom. The molecular formula is C15H22BrNO3. The third-order valence-electron chi connectivity index (χ3n) is 3.73. The zero-order chi connectivity index (χ0) is 14.5. The fourth-order valence-corrected chi connectivity index (χ4v) is 2.62. The van der Waals surface area contributed by atoms with Crippen molar-refractivity contribution in [2.75, 3.05) is 26.2 Å². The number of aliphatic hydroxyl groups excluding tert-OH is 2. The monoisotopic (exact) mass is 343 g/mol. The SMILES string of the molecule is CC1CCN(CC(O)COc2ccc(Br)cc2)CC1O. The van der Waals surface area contributed by atoms with Gasteiger partial charge in [-0.25, -0.2) is 0 Å². The van der Waals surface area contributed by atoms with E-state index in [9.17, 15) is 10.2 Å². The molecule has 0 aromatic heterocycles. The van der Waals surface area contributed by atoms with Crippen LogP contribution in [0.25, 0.3) is 0 Å². The average Bonchev–Trinajstić information content (AvgIpc) is 2.42. The number of ether oxygens (including phenoxy) is 1. The van der Waals surface area contributed by atoms with Crippen LogP contribution in [0.5, 0.6) is 5.75 Å². The molecule has 1 aliphatic rings. The smallest absolute Gasteiger partial charge is 0.119 e. The Bertz CT molecular complexity index is 412. The van der Waals surface area contributed by atoms with Gasteiger partial charge in [-0.2, -0.15) is 0 Å². The molecule has 4 nitrogen and oxygen atoms in total. The van der Waals surface area contributed by atoms with E-state index in [1.54, 1.807) is 0 Å². The minimum atomic E-state index is -0.542. The second kappa shape index (κ2) is 7.41. The topological polar surface area (TPSA) is 52.9 Å². The first-order valence-corrected chi connectivity index (χ1v) is 7.80. The van der Waals surface area contributed by atoms with Crippen molar-refractivity contribution < 1.29 is 14.9 Å². The van der Waals surface area contributed by atoms with E-state index in [0.29, 0.717) is 19.0 Å². The average molecular weight is 344 g/mol. The van der Waals surface area contributed by atoms with Gasteiger partial charge < -0.3 is 14.9 Å². The number of piperidine rings is 1. The Labute approximate surface area is 128 Å². The molecule has 20 heavy (non-hydrogen) atoms. The van der Waals surface area contributed by atoms with E-state index in [4.69, 9.17) is 4.74 Å². The predicted molar refractivity (Wildman–Crippen MR) is 81.9 cm³/mol. The van der Waals surface area contributed by atoms with Gasteiger partial charge in [0, 0.05) is 17.6 Å². The zero-order valence-electron chi connectivity index (χ0n) is 11.7. The van der Waals surface area contributed by atoms with Gasteiger partial charge in [0.25, 0.3) is 0 Å². The second-order valence-corrected chi connectivity index (χ2v) is 6.43. The molecule has 0 spiro atoms. The van der Waals surface area contributed by atoms with Gasteiger partial charge in [0.15, 0.2) is 0 Å². The number of nitrogens with zero attached hydrogens (tertiary/aromatic N) is 1. The molecule has 0 saturated carbocycles. The minimum Gasteiger partial charge on any atom is -0.491 e. The maximum atomic E-state index is 10.0. The van der Waals surface area contributed by atoms with E-state index in [0.717, 1.165) is 23.2 Å². The van der Waals surface area contributed by atoms with Crippen LogP contribution in [0.4, 0.5) is 0 Å². The third kappa shape index (κ3) is 4.74. The van der Waals surface area contributed by atoms with Crippen molar-refractivity contribution in [1.82, 2.24) is 4.90 Å². The fourth-order valence-electron chi connectivity index (χ4n) is 2.35. The molecule has 112 valence electrons. The summed E-state index contributed by atoms with van der Waals surface area (Å²) in [6, 6.07) is 7.54. The lowest BCUT2D eigenvalue weighted by atomic mass is 9.96. The van der Waals surface area contributed by atoms with Crippen LogP contribution in [0.1, 0.15) is 13.3 Å². The summed E-state index contributed by atoms with van der Waals surface area (Å²) in [5.74, 6) is 1.10. The first-order valence-electron chi connectivity index (χ1n) is 7.01. The summed E-state index contributed by atoms with van der Waals surface area (Å²) < 4.78 is 6.55. The van der Waals surface area contributed by atoms with Gasteiger partial charge in [-0.15, -0.1) is 0 Å². The van der Waals surface area contributed by atoms with E-state index in [1.807, 2.05) is 24.3 Å². The number of aliphatic hydroxyl groups is 2. The minimum absolute atomic E-state index is 0.268. The predicted octanol–water partition coefficient (Wildman–Crippen LogP) is 1.89. The molecule has 1 aliphatic heterocycles. The standard InChI is InChI=1S/C15H22BrNO3/c1-11-6-7-17(9-15(11)19)8-13(18)10-20-14-4-2-12(16)3-5-14/h2-5,11,13,15,18-19H,6-10H2,1H3. The van der Waals surface area contributed by atoms with Crippen LogP contribution in [-0.4, -0.2) is 53.6 Å². The van der Waals surface area contributed by atoms with E-state index >= 15 is 0 Å². The summed E-state index contributed by atoms with van der Waals surface area (Å²) in [6.07, 6.45) is 0.143. The lowest BCUT2D eigenvalue weighted by molar-refractivity contribution is 0.000141. The van der Waals surface area contributed by atoms with Gasteiger partial charge in [-0.05, 0) is 43.1 Å². The molecule has 2 N–H and O–H groups in total. The van der Waals surface area contributed by atoms with Crippen LogP contribution >= 0.6 is 15.9 Å². The number of β-amino-alcohol motifs (C(OH)–C–C–N with tert-alkyl or cyclic N) is 2. The molecule has 1 aromatic carbocycles. The van der Waals surface area contributed by atoms with E-state index in [2.05, 4.69) is 27.8 Å². The molecule has 2 rings (SSSR count). The van der Waals surface area contributed by atoms with Gasteiger partial charge >= 0.3 is 0 Å². The van der Waals surface area contributed by atoms with Crippen molar-refractivity contribution in [3.63, 3.8) is 0 Å². The molecular weight excluding hydrogens is 322 g/mol. The summed E-state index contributed by atoms with van der Waals surface area (Å²) >= 11 is 3.37. The van der Waals surface area contributed by atoms with Crippen molar-refractivity contribution >= 4 is 15.9 Å². The highest BCUT2D eigenvalue weighted by molar-refractivity contribution is 9.10. The van der Waals surface area contributed by atoms with Gasteiger partial charge in [-0.1, -0.05) is 22.9 Å². The van der Waals surface area contributed by atoms with Crippen LogP contribution in [0.15, 0.2) is 28.7 Å². The number of halogens is 1. The summed E-state index contributed by atoms with van der Waals surface area (Å²) in [5, 5.41) is 19.8. The fraction of sp³-hybridized carbons (Fsp3) is 0.600. The Balaban J connectivity index is 1.72. The second-order valence-electron chi connectivity index (χ2n) is 5.51. The summed E-state index contributed by atoms with van der Waals surface area (Å²) in [6.45, 7) is 4.43. The van der Waals surface area contributed by atoms with Crippen LogP contribution in [0.3, 0.4) is 0 Å². The third-order valence-corrected chi connectivity index (χ3v) is 4.26. The molecule has 0 amide bonds. The Morgan fingerprint density at radius 2 is 2.10 bits per heavy atom. The number of rotatable bonds is 5. The maximum Gasteiger partial charge on any atom is 0.119 e. The number of hydrogen-bond acceptors (Lipinski definition) is 4. The largest absolute Gasteiger partial charge is 0.491 e. The lowest BCUT2D eigenvalue weighted by Crippen LogP contribution is -2.46. The van der Waals surface area contributed by atoms with Crippen LogP contribution in [0.2, 0.25) is 0 Å². The van der Waals surface area contributed by atoms with Crippen LogP contribution in [-0.2, 0) is 0 Å². The van der Waals surface area contributed by atoms with Crippen molar-refractivity contribution in [3.05, 3.63) is 28.7 Å². The number of likely N-dealkylation sites (tertiary alicyclic amines) is 1. The molecule has 0 radical (unpaired) electrons. The summed E-state index contributed by atoms with van der Waals surface area (Å²) in [5.41, 5.74) is 0. The van der Waals surface area contributed by atoms with Gasteiger partial charge in [0.2, 0.25) is 0 Å². The first-order chi connectivity index (χ1) is 9.54. The highest BCUT2D eigenvalue weighted by Crippen LogP contribution is 2.18. The molecule has 3 unspecified atom stereocenters. The van der Waals surface area contributed by atoms with Crippen molar-refractivity contribution in [3.8, 4) is 5.75 Å². The molecule has 1 fully saturated rings. The molecule has 3 atom stereocenters. The van der Waals surface area contributed by atoms with E-state index < -0.39 is 6.10 Å². The number of benzene rings is 1. The zero-order valence-corrected chi connectivity index (χ0v) is 13.3. The quantitative estimate of drug-likeness (QED) is 0.857. The lowest BCUT2D eigenvalue weighted by Gasteiger charge is -2.35. The highest BCUT2D eigenvalue weighted by Gasteiger charge is 2.25. The Morgan fingerprint density at radius 1 is 1.40 bits per heavy atom. The van der Waals surface area contributed by atoms with Gasteiger partial charge in [0.05, 0.1) is 6.10 Å². The van der Waals surface area contributed by atoms with Gasteiger partial charge in [-0.3, -0.25) is 4.90 Å². The van der Waals surface area contributed by atoms with E-state index in [-0.39, 0.29) is 12.7 Å². The molecule has 1 aromatic rings.